The van der Waals surface area contributed by atoms with Gasteiger partial charge in [-0.05, 0) is 24.1 Å². The number of rotatable bonds is 6. The molecule has 1 aliphatic heterocycles. The minimum Gasteiger partial charge on any atom is -0.497 e. The van der Waals surface area contributed by atoms with E-state index in [-0.39, 0.29) is 5.97 Å². The first-order valence-corrected chi connectivity index (χ1v) is 7.35. The lowest BCUT2D eigenvalue weighted by Gasteiger charge is -2.34. The molecule has 0 aromatic heterocycles. The summed E-state index contributed by atoms with van der Waals surface area (Å²) in [4.78, 5) is 15.8. The monoisotopic (exact) mass is 292 g/mol. The molecule has 1 aromatic carbocycles. The van der Waals surface area contributed by atoms with Crippen LogP contribution in [0.4, 0.5) is 0 Å². The van der Waals surface area contributed by atoms with Crippen LogP contribution in [-0.4, -0.2) is 69.3 Å². The van der Waals surface area contributed by atoms with Crippen molar-refractivity contribution < 1.29 is 14.3 Å². The highest BCUT2D eigenvalue weighted by molar-refractivity contribution is 5.71. The molecule has 1 aliphatic rings. The summed E-state index contributed by atoms with van der Waals surface area (Å²) in [5, 5.41) is 0. The second-order valence-electron chi connectivity index (χ2n) is 5.29. The normalized spacial score (nSPS) is 16.7. The molecule has 0 atom stereocenters. The van der Waals surface area contributed by atoms with E-state index >= 15 is 0 Å². The zero-order chi connectivity index (χ0) is 15.1. The van der Waals surface area contributed by atoms with E-state index in [1.54, 1.807) is 7.11 Å². The Morgan fingerprint density at radius 3 is 2.24 bits per heavy atom. The molecule has 0 aliphatic carbocycles. The van der Waals surface area contributed by atoms with Crippen molar-refractivity contribution in [2.75, 3.05) is 53.5 Å². The summed E-state index contributed by atoms with van der Waals surface area (Å²) in [5.41, 5.74) is 1.33. The molecule has 1 aromatic rings. The van der Waals surface area contributed by atoms with Crippen LogP contribution < -0.4 is 4.74 Å². The number of hydrogen-bond donors (Lipinski definition) is 0. The standard InChI is InChI=1S/C16H24N2O3/c1-20-15-5-3-14(4-6-15)7-8-17-9-11-18(12-10-17)13-16(19)21-2/h3-6H,7-13H2,1-2H3. The molecule has 5 nitrogen and oxygen atoms in total. The van der Waals surface area contributed by atoms with Crippen molar-refractivity contribution in [1.82, 2.24) is 9.80 Å². The highest BCUT2D eigenvalue weighted by atomic mass is 16.5. The summed E-state index contributed by atoms with van der Waals surface area (Å²) in [6.07, 6.45) is 1.04. The summed E-state index contributed by atoms with van der Waals surface area (Å²) < 4.78 is 9.86. The van der Waals surface area contributed by atoms with Crippen LogP contribution in [0, 0.1) is 0 Å². The molecule has 1 fully saturated rings. The fourth-order valence-electron chi connectivity index (χ4n) is 2.50. The third-order valence-electron chi connectivity index (χ3n) is 3.92. The van der Waals surface area contributed by atoms with E-state index in [0.717, 1.165) is 44.9 Å². The first-order valence-electron chi connectivity index (χ1n) is 7.35. The Morgan fingerprint density at radius 2 is 1.67 bits per heavy atom. The van der Waals surface area contributed by atoms with E-state index < -0.39 is 0 Å². The summed E-state index contributed by atoms with van der Waals surface area (Å²) in [7, 11) is 3.12. The minimum absolute atomic E-state index is 0.151. The molecule has 0 N–H and O–H groups in total. The van der Waals surface area contributed by atoms with E-state index in [2.05, 4.69) is 21.9 Å². The van der Waals surface area contributed by atoms with Gasteiger partial charge in [0.2, 0.25) is 0 Å². The molecule has 0 spiro atoms. The van der Waals surface area contributed by atoms with Gasteiger partial charge in [0.25, 0.3) is 0 Å². The van der Waals surface area contributed by atoms with Crippen LogP contribution in [0.25, 0.3) is 0 Å². The van der Waals surface area contributed by atoms with Crippen molar-refractivity contribution >= 4 is 5.97 Å². The second-order valence-corrected chi connectivity index (χ2v) is 5.29. The van der Waals surface area contributed by atoms with Crippen molar-refractivity contribution in [3.8, 4) is 5.75 Å². The lowest BCUT2D eigenvalue weighted by atomic mass is 10.1. The van der Waals surface area contributed by atoms with Crippen LogP contribution in [0.2, 0.25) is 0 Å². The molecule has 2 rings (SSSR count). The fourth-order valence-corrected chi connectivity index (χ4v) is 2.50. The van der Waals surface area contributed by atoms with Crippen LogP contribution in [0.1, 0.15) is 5.56 Å². The third-order valence-corrected chi connectivity index (χ3v) is 3.92. The molecule has 0 amide bonds. The molecule has 0 bridgehead atoms. The molecule has 0 radical (unpaired) electrons. The van der Waals surface area contributed by atoms with Gasteiger partial charge in [-0.15, -0.1) is 0 Å². The number of esters is 1. The minimum atomic E-state index is -0.151. The maximum atomic E-state index is 11.2. The molecule has 116 valence electrons. The smallest absolute Gasteiger partial charge is 0.319 e. The lowest BCUT2D eigenvalue weighted by Crippen LogP contribution is -2.48. The molecule has 21 heavy (non-hydrogen) atoms. The summed E-state index contributed by atoms with van der Waals surface area (Å²) in [6, 6.07) is 8.24. The van der Waals surface area contributed by atoms with Crippen molar-refractivity contribution in [3.05, 3.63) is 29.8 Å². The molecule has 1 saturated heterocycles. The average Bonchev–Trinajstić information content (AvgIpc) is 2.54. The quantitative estimate of drug-likeness (QED) is 0.733. The van der Waals surface area contributed by atoms with Gasteiger partial charge in [-0.1, -0.05) is 12.1 Å². The Balaban J connectivity index is 1.69. The highest BCUT2D eigenvalue weighted by Crippen LogP contribution is 2.12. The fraction of sp³-hybridized carbons (Fsp3) is 0.562. The van der Waals surface area contributed by atoms with E-state index in [1.807, 2.05) is 12.1 Å². The number of carbonyl (C=O) groups excluding carboxylic acids is 1. The first-order chi connectivity index (χ1) is 10.2. The van der Waals surface area contributed by atoms with E-state index in [9.17, 15) is 4.79 Å². The zero-order valence-corrected chi connectivity index (χ0v) is 12.9. The average molecular weight is 292 g/mol. The van der Waals surface area contributed by atoms with Gasteiger partial charge in [0, 0.05) is 32.7 Å². The number of benzene rings is 1. The van der Waals surface area contributed by atoms with E-state index in [1.165, 1.54) is 12.7 Å². The van der Waals surface area contributed by atoms with Gasteiger partial charge in [0.1, 0.15) is 5.75 Å². The Hall–Kier alpha value is -1.59. The van der Waals surface area contributed by atoms with Crippen molar-refractivity contribution in [1.29, 1.82) is 0 Å². The van der Waals surface area contributed by atoms with Gasteiger partial charge in [0.15, 0.2) is 0 Å². The van der Waals surface area contributed by atoms with Crippen LogP contribution in [0.15, 0.2) is 24.3 Å². The molecular weight excluding hydrogens is 268 g/mol. The molecular formula is C16H24N2O3. The van der Waals surface area contributed by atoms with Crippen LogP contribution >= 0.6 is 0 Å². The van der Waals surface area contributed by atoms with Crippen LogP contribution in [0.5, 0.6) is 5.75 Å². The number of nitrogens with zero attached hydrogens (tertiary/aromatic N) is 2. The van der Waals surface area contributed by atoms with Crippen molar-refractivity contribution in [2.45, 2.75) is 6.42 Å². The van der Waals surface area contributed by atoms with Crippen molar-refractivity contribution in [3.63, 3.8) is 0 Å². The molecule has 0 unspecified atom stereocenters. The van der Waals surface area contributed by atoms with E-state index in [4.69, 9.17) is 9.47 Å². The van der Waals surface area contributed by atoms with Gasteiger partial charge < -0.3 is 14.4 Å². The summed E-state index contributed by atoms with van der Waals surface area (Å²) in [5.74, 6) is 0.747. The predicted molar refractivity (Wildman–Crippen MR) is 81.6 cm³/mol. The Labute approximate surface area is 126 Å². The summed E-state index contributed by atoms with van der Waals surface area (Å²) in [6.45, 7) is 5.33. The Morgan fingerprint density at radius 1 is 1.05 bits per heavy atom. The Bertz CT molecular complexity index is 439. The number of methoxy groups -OCH3 is 2. The number of carbonyl (C=O) groups is 1. The SMILES string of the molecule is COC(=O)CN1CCN(CCc2ccc(OC)cc2)CC1. The number of piperazine rings is 1. The predicted octanol–water partition coefficient (Wildman–Crippen LogP) is 1.03. The number of ether oxygens (including phenoxy) is 2. The highest BCUT2D eigenvalue weighted by Gasteiger charge is 2.18. The molecule has 5 heteroatoms. The van der Waals surface area contributed by atoms with Gasteiger partial charge in [-0.25, -0.2) is 0 Å². The third kappa shape index (κ3) is 5.02. The topological polar surface area (TPSA) is 42.0 Å². The maximum Gasteiger partial charge on any atom is 0.319 e. The van der Waals surface area contributed by atoms with Crippen molar-refractivity contribution in [2.24, 2.45) is 0 Å². The Kier molecular flexibility index (Phi) is 6.02. The summed E-state index contributed by atoms with van der Waals surface area (Å²) >= 11 is 0. The second kappa shape index (κ2) is 8.00. The zero-order valence-electron chi connectivity index (χ0n) is 12.9. The number of hydrogen-bond acceptors (Lipinski definition) is 5. The van der Waals surface area contributed by atoms with E-state index in [0.29, 0.717) is 6.54 Å². The van der Waals surface area contributed by atoms with Crippen LogP contribution in [-0.2, 0) is 16.0 Å². The largest absolute Gasteiger partial charge is 0.497 e. The molecule has 1 heterocycles. The van der Waals surface area contributed by atoms with Gasteiger partial charge in [-0.3, -0.25) is 9.69 Å². The molecule has 0 saturated carbocycles. The maximum absolute atomic E-state index is 11.2. The van der Waals surface area contributed by atoms with Crippen LogP contribution in [0.3, 0.4) is 0 Å². The first kappa shape index (κ1) is 15.8. The van der Waals surface area contributed by atoms with Gasteiger partial charge >= 0.3 is 5.97 Å². The van der Waals surface area contributed by atoms with Gasteiger partial charge in [0.05, 0.1) is 20.8 Å². The van der Waals surface area contributed by atoms with Gasteiger partial charge in [-0.2, -0.15) is 0 Å². The lowest BCUT2D eigenvalue weighted by molar-refractivity contribution is -0.142.